The topological polar surface area (TPSA) is 55.1 Å². The number of hydrogen-bond donors (Lipinski definition) is 2. The van der Waals surface area contributed by atoms with Crippen molar-refractivity contribution in [2.75, 3.05) is 6.54 Å². The fourth-order valence-electron chi connectivity index (χ4n) is 2.34. The SMILES string of the molecule is CC(Cc1ccc(F)cc1)NC(=O)CCC(C)(C)CCN. The van der Waals surface area contributed by atoms with E-state index in [9.17, 15) is 9.18 Å². The normalized spacial score (nSPS) is 13.0. The number of amides is 1. The van der Waals surface area contributed by atoms with E-state index >= 15 is 0 Å². The van der Waals surface area contributed by atoms with Gasteiger partial charge in [-0.05, 0) is 55.8 Å². The summed E-state index contributed by atoms with van der Waals surface area (Å²) in [6.45, 7) is 6.88. The molecule has 0 fully saturated rings. The highest BCUT2D eigenvalue weighted by Gasteiger charge is 2.18. The Labute approximate surface area is 127 Å². The second-order valence-electron chi connectivity index (χ2n) is 6.50. The third kappa shape index (κ3) is 7.23. The molecule has 0 radical (unpaired) electrons. The largest absolute Gasteiger partial charge is 0.353 e. The molecule has 0 aliphatic rings. The van der Waals surface area contributed by atoms with Crippen molar-refractivity contribution in [2.24, 2.45) is 11.1 Å². The Hall–Kier alpha value is -1.42. The van der Waals surface area contributed by atoms with Crippen molar-refractivity contribution in [2.45, 2.75) is 52.5 Å². The number of nitrogens with two attached hydrogens (primary N) is 1. The molecule has 1 rings (SSSR count). The number of nitrogens with one attached hydrogen (secondary N) is 1. The molecule has 0 aliphatic carbocycles. The lowest BCUT2D eigenvalue weighted by Crippen LogP contribution is -2.34. The van der Waals surface area contributed by atoms with Crippen molar-refractivity contribution in [3.63, 3.8) is 0 Å². The third-order valence-electron chi connectivity index (χ3n) is 3.71. The van der Waals surface area contributed by atoms with E-state index in [1.165, 1.54) is 12.1 Å². The predicted octanol–water partition coefficient (Wildman–Crippen LogP) is 3.03. The van der Waals surface area contributed by atoms with Gasteiger partial charge in [0.15, 0.2) is 0 Å². The van der Waals surface area contributed by atoms with E-state index in [1.54, 1.807) is 12.1 Å². The Morgan fingerprint density at radius 3 is 2.48 bits per heavy atom. The maximum absolute atomic E-state index is 12.8. The maximum Gasteiger partial charge on any atom is 0.220 e. The molecule has 0 bridgehead atoms. The maximum atomic E-state index is 12.8. The van der Waals surface area contributed by atoms with Gasteiger partial charge < -0.3 is 11.1 Å². The molecule has 1 aromatic carbocycles. The van der Waals surface area contributed by atoms with Gasteiger partial charge in [0.05, 0.1) is 0 Å². The van der Waals surface area contributed by atoms with Crippen molar-refractivity contribution in [3.05, 3.63) is 35.6 Å². The van der Waals surface area contributed by atoms with Gasteiger partial charge in [-0.25, -0.2) is 4.39 Å². The van der Waals surface area contributed by atoms with Crippen molar-refractivity contribution in [1.29, 1.82) is 0 Å². The molecule has 4 heteroatoms. The number of halogens is 1. The molecule has 0 spiro atoms. The number of benzene rings is 1. The number of carbonyl (C=O) groups is 1. The molecule has 0 heterocycles. The fraction of sp³-hybridized carbons (Fsp3) is 0.588. The number of carbonyl (C=O) groups excluding carboxylic acids is 1. The van der Waals surface area contributed by atoms with E-state index in [1.807, 2.05) is 6.92 Å². The first-order valence-corrected chi connectivity index (χ1v) is 7.56. The highest BCUT2D eigenvalue weighted by Crippen LogP contribution is 2.25. The van der Waals surface area contributed by atoms with Gasteiger partial charge in [0.1, 0.15) is 5.82 Å². The molecule has 1 unspecified atom stereocenters. The monoisotopic (exact) mass is 294 g/mol. The van der Waals surface area contributed by atoms with Crippen LogP contribution in [-0.2, 0) is 11.2 Å². The summed E-state index contributed by atoms with van der Waals surface area (Å²) in [6.07, 6.45) is 2.98. The van der Waals surface area contributed by atoms with Crippen LogP contribution in [0.25, 0.3) is 0 Å². The average Bonchev–Trinajstić information content (AvgIpc) is 2.39. The number of rotatable bonds is 8. The highest BCUT2D eigenvalue weighted by atomic mass is 19.1. The highest BCUT2D eigenvalue weighted by molar-refractivity contribution is 5.76. The smallest absolute Gasteiger partial charge is 0.220 e. The summed E-state index contributed by atoms with van der Waals surface area (Å²) in [5.74, 6) is -0.174. The summed E-state index contributed by atoms with van der Waals surface area (Å²) < 4.78 is 12.8. The van der Waals surface area contributed by atoms with Gasteiger partial charge in [0, 0.05) is 12.5 Å². The minimum atomic E-state index is -0.238. The zero-order valence-electron chi connectivity index (χ0n) is 13.3. The van der Waals surface area contributed by atoms with Gasteiger partial charge in [0.2, 0.25) is 5.91 Å². The Bertz CT molecular complexity index is 443. The van der Waals surface area contributed by atoms with Gasteiger partial charge in [0.25, 0.3) is 0 Å². The minimum Gasteiger partial charge on any atom is -0.353 e. The molecule has 1 amide bonds. The van der Waals surface area contributed by atoms with Crippen molar-refractivity contribution in [1.82, 2.24) is 5.32 Å². The van der Waals surface area contributed by atoms with E-state index in [0.717, 1.165) is 18.4 Å². The van der Waals surface area contributed by atoms with Gasteiger partial charge in [-0.15, -0.1) is 0 Å². The second kappa shape index (κ2) is 8.13. The first kappa shape index (κ1) is 17.6. The zero-order chi connectivity index (χ0) is 15.9. The molecule has 1 aromatic rings. The quantitative estimate of drug-likeness (QED) is 0.774. The van der Waals surface area contributed by atoms with Gasteiger partial charge in [-0.1, -0.05) is 26.0 Å². The molecular formula is C17H27FN2O. The summed E-state index contributed by atoms with van der Waals surface area (Å²) in [5, 5.41) is 2.99. The molecular weight excluding hydrogens is 267 g/mol. The Morgan fingerprint density at radius 1 is 1.29 bits per heavy atom. The van der Waals surface area contributed by atoms with Crippen LogP contribution in [0.2, 0.25) is 0 Å². The molecule has 3 N–H and O–H groups in total. The standard InChI is InChI=1S/C17H27FN2O/c1-13(12-14-4-6-15(18)7-5-14)20-16(21)8-9-17(2,3)10-11-19/h4-7,13H,8-12,19H2,1-3H3,(H,20,21). The molecule has 0 aliphatic heterocycles. The summed E-state index contributed by atoms with van der Waals surface area (Å²) in [7, 11) is 0. The Balaban J connectivity index is 2.35. The molecule has 0 aromatic heterocycles. The van der Waals surface area contributed by atoms with E-state index in [4.69, 9.17) is 5.73 Å². The molecule has 3 nitrogen and oxygen atoms in total. The molecule has 21 heavy (non-hydrogen) atoms. The lowest BCUT2D eigenvalue weighted by atomic mass is 9.84. The van der Waals surface area contributed by atoms with Gasteiger partial charge >= 0.3 is 0 Å². The summed E-state index contributed by atoms with van der Waals surface area (Å²) in [4.78, 5) is 11.9. The van der Waals surface area contributed by atoms with Crippen molar-refractivity contribution in [3.8, 4) is 0 Å². The predicted molar refractivity (Wildman–Crippen MR) is 84.4 cm³/mol. The van der Waals surface area contributed by atoms with E-state index in [-0.39, 0.29) is 23.2 Å². The molecule has 1 atom stereocenters. The Kier molecular flexibility index (Phi) is 6.82. The van der Waals surface area contributed by atoms with Gasteiger partial charge in [-0.3, -0.25) is 4.79 Å². The van der Waals surface area contributed by atoms with Crippen LogP contribution in [0.4, 0.5) is 4.39 Å². The Morgan fingerprint density at radius 2 is 1.90 bits per heavy atom. The molecule has 0 saturated heterocycles. The fourth-order valence-corrected chi connectivity index (χ4v) is 2.34. The van der Waals surface area contributed by atoms with E-state index in [2.05, 4.69) is 19.2 Å². The first-order chi connectivity index (χ1) is 9.82. The van der Waals surface area contributed by atoms with Crippen LogP contribution in [-0.4, -0.2) is 18.5 Å². The second-order valence-corrected chi connectivity index (χ2v) is 6.50. The van der Waals surface area contributed by atoms with Crippen LogP contribution in [0, 0.1) is 11.2 Å². The van der Waals surface area contributed by atoms with Crippen molar-refractivity contribution < 1.29 is 9.18 Å². The van der Waals surface area contributed by atoms with E-state index in [0.29, 0.717) is 19.4 Å². The van der Waals surface area contributed by atoms with E-state index < -0.39 is 0 Å². The zero-order valence-corrected chi connectivity index (χ0v) is 13.3. The first-order valence-electron chi connectivity index (χ1n) is 7.56. The lowest BCUT2D eigenvalue weighted by molar-refractivity contribution is -0.122. The summed E-state index contributed by atoms with van der Waals surface area (Å²) in [5.41, 5.74) is 6.70. The third-order valence-corrected chi connectivity index (χ3v) is 3.71. The van der Waals surface area contributed by atoms with Crippen molar-refractivity contribution >= 4 is 5.91 Å². The van der Waals surface area contributed by atoms with Crippen LogP contribution in [0.5, 0.6) is 0 Å². The lowest BCUT2D eigenvalue weighted by Gasteiger charge is -2.24. The van der Waals surface area contributed by atoms with Crippen LogP contribution >= 0.6 is 0 Å². The molecule has 0 saturated carbocycles. The van der Waals surface area contributed by atoms with Crippen LogP contribution in [0.15, 0.2) is 24.3 Å². The van der Waals surface area contributed by atoms with Gasteiger partial charge in [-0.2, -0.15) is 0 Å². The average molecular weight is 294 g/mol. The van der Waals surface area contributed by atoms with Crippen LogP contribution < -0.4 is 11.1 Å². The van der Waals surface area contributed by atoms with Crippen LogP contribution in [0.3, 0.4) is 0 Å². The summed E-state index contributed by atoms with van der Waals surface area (Å²) >= 11 is 0. The van der Waals surface area contributed by atoms with Crippen LogP contribution in [0.1, 0.15) is 45.6 Å². The molecule has 118 valence electrons. The minimum absolute atomic E-state index is 0.0422. The number of hydrogen-bond acceptors (Lipinski definition) is 2. The summed E-state index contributed by atoms with van der Waals surface area (Å²) in [6, 6.07) is 6.43.